The molecular weight excluding hydrogens is 298 g/mol. The quantitative estimate of drug-likeness (QED) is 0.905. The maximum atomic E-state index is 12.4. The third-order valence-corrected chi connectivity index (χ3v) is 3.48. The summed E-state index contributed by atoms with van der Waals surface area (Å²) in [7, 11) is 1.55. The van der Waals surface area contributed by atoms with Crippen LogP contribution < -0.4 is 4.74 Å². The van der Waals surface area contributed by atoms with Gasteiger partial charge in [0.05, 0.1) is 19.3 Å². The molecule has 0 atom stereocenters. The summed E-state index contributed by atoms with van der Waals surface area (Å²) >= 11 is 3.35. The molecule has 0 heterocycles. The molecule has 98 valence electrons. The van der Waals surface area contributed by atoms with Crippen molar-refractivity contribution >= 4 is 21.8 Å². The van der Waals surface area contributed by atoms with E-state index in [-0.39, 0.29) is 18.6 Å². The number of benzene rings is 1. The lowest BCUT2D eigenvalue weighted by molar-refractivity contribution is 0.0704. The number of halogens is 1. The lowest BCUT2D eigenvalue weighted by Crippen LogP contribution is -2.35. The Labute approximate surface area is 115 Å². The minimum atomic E-state index is -0.0732. The zero-order chi connectivity index (χ0) is 13.1. The number of rotatable bonds is 5. The van der Waals surface area contributed by atoms with Gasteiger partial charge in [-0.1, -0.05) is 15.9 Å². The lowest BCUT2D eigenvalue weighted by Gasteiger charge is -2.22. The molecule has 0 aromatic heterocycles. The van der Waals surface area contributed by atoms with Crippen LogP contribution in [0.25, 0.3) is 0 Å². The van der Waals surface area contributed by atoms with Gasteiger partial charge in [0.2, 0.25) is 0 Å². The van der Waals surface area contributed by atoms with Crippen LogP contribution in [-0.4, -0.2) is 42.2 Å². The van der Waals surface area contributed by atoms with Crippen LogP contribution in [-0.2, 0) is 0 Å². The number of amides is 1. The van der Waals surface area contributed by atoms with E-state index in [1.165, 1.54) is 0 Å². The van der Waals surface area contributed by atoms with Crippen molar-refractivity contribution in [2.45, 2.75) is 18.9 Å². The third-order valence-electron chi connectivity index (χ3n) is 2.98. The number of methoxy groups -OCH3 is 1. The first-order valence-electron chi connectivity index (χ1n) is 5.92. The highest BCUT2D eigenvalue weighted by Gasteiger charge is 2.33. The van der Waals surface area contributed by atoms with Crippen molar-refractivity contribution in [3.8, 4) is 5.75 Å². The fraction of sp³-hybridized carbons (Fsp3) is 0.462. The van der Waals surface area contributed by atoms with Crippen molar-refractivity contribution in [1.29, 1.82) is 0 Å². The smallest absolute Gasteiger partial charge is 0.257 e. The van der Waals surface area contributed by atoms with E-state index >= 15 is 0 Å². The summed E-state index contributed by atoms with van der Waals surface area (Å²) in [5, 5.41) is 9.05. The molecule has 0 radical (unpaired) electrons. The van der Waals surface area contributed by atoms with Crippen LogP contribution in [0, 0.1) is 0 Å². The van der Waals surface area contributed by atoms with Gasteiger partial charge in [-0.15, -0.1) is 0 Å². The summed E-state index contributed by atoms with van der Waals surface area (Å²) in [4.78, 5) is 14.2. The largest absolute Gasteiger partial charge is 0.496 e. The molecule has 0 spiro atoms. The van der Waals surface area contributed by atoms with Crippen molar-refractivity contribution in [2.24, 2.45) is 0 Å². The fourth-order valence-corrected chi connectivity index (χ4v) is 2.28. The summed E-state index contributed by atoms with van der Waals surface area (Å²) in [6.07, 6.45) is 2.04. The number of ether oxygens (including phenoxy) is 1. The number of carbonyl (C=O) groups is 1. The van der Waals surface area contributed by atoms with Gasteiger partial charge in [-0.25, -0.2) is 0 Å². The molecule has 1 aromatic rings. The van der Waals surface area contributed by atoms with E-state index < -0.39 is 0 Å². The molecular formula is C13H16BrNO3. The highest BCUT2D eigenvalue weighted by Crippen LogP contribution is 2.31. The molecule has 1 aromatic carbocycles. The first-order valence-corrected chi connectivity index (χ1v) is 6.72. The molecule has 1 saturated carbocycles. The molecule has 1 aliphatic carbocycles. The average Bonchev–Trinajstić information content (AvgIpc) is 3.19. The molecule has 0 bridgehead atoms. The molecule has 0 aliphatic heterocycles. The van der Waals surface area contributed by atoms with Gasteiger partial charge in [0.1, 0.15) is 5.75 Å². The average molecular weight is 314 g/mol. The summed E-state index contributed by atoms with van der Waals surface area (Å²) in [5.41, 5.74) is 0.543. The summed E-state index contributed by atoms with van der Waals surface area (Å²) < 4.78 is 6.11. The van der Waals surface area contributed by atoms with Crippen molar-refractivity contribution in [3.63, 3.8) is 0 Å². The summed E-state index contributed by atoms with van der Waals surface area (Å²) in [6, 6.07) is 5.62. The molecule has 1 fully saturated rings. The SMILES string of the molecule is COc1cc(Br)ccc1C(=O)N(CCO)C1CC1. The molecule has 5 heteroatoms. The highest BCUT2D eigenvalue weighted by atomic mass is 79.9. The molecule has 1 N–H and O–H groups in total. The number of hydrogen-bond acceptors (Lipinski definition) is 3. The Morgan fingerprint density at radius 1 is 1.56 bits per heavy atom. The zero-order valence-electron chi connectivity index (χ0n) is 10.2. The first kappa shape index (κ1) is 13.4. The first-order chi connectivity index (χ1) is 8.67. The van der Waals surface area contributed by atoms with E-state index in [9.17, 15) is 4.79 Å². The Kier molecular flexibility index (Phi) is 4.24. The number of nitrogens with zero attached hydrogens (tertiary/aromatic N) is 1. The van der Waals surface area contributed by atoms with Gasteiger partial charge in [0, 0.05) is 17.1 Å². The van der Waals surface area contributed by atoms with E-state index in [1.807, 2.05) is 6.07 Å². The molecule has 4 nitrogen and oxygen atoms in total. The van der Waals surface area contributed by atoms with Gasteiger partial charge < -0.3 is 14.7 Å². The van der Waals surface area contributed by atoms with Gasteiger partial charge >= 0.3 is 0 Å². The van der Waals surface area contributed by atoms with Crippen molar-refractivity contribution in [2.75, 3.05) is 20.3 Å². The predicted octanol–water partition coefficient (Wildman–Crippen LogP) is 2.05. The van der Waals surface area contributed by atoms with Crippen LogP contribution in [0.1, 0.15) is 23.2 Å². The monoisotopic (exact) mass is 313 g/mol. The number of aliphatic hydroxyl groups is 1. The standard InChI is InChI=1S/C13H16BrNO3/c1-18-12-8-9(14)2-5-11(12)13(17)15(6-7-16)10-3-4-10/h2,5,8,10,16H,3-4,6-7H2,1H3. The molecule has 0 unspecified atom stereocenters. The van der Waals surface area contributed by atoms with Crippen LogP contribution in [0.15, 0.2) is 22.7 Å². The van der Waals surface area contributed by atoms with Gasteiger partial charge in [0.15, 0.2) is 0 Å². The van der Waals surface area contributed by atoms with Gasteiger partial charge in [-0.2, -0.15) is 0 Å². The Morgan fingerprint density at radius 3 is 2.83 bits per heavy atom. The van der Waals surface area contributed by atoms with Gasteiger partial charge in [-0.3, -0.25) is 4.79 Å². The Balaban J connectivity index is 2.26. The second-order valence-corrected chi connectivity index (χ2v) is 5.21. The van der Waals surface area contributed by atoms with Crippen LogP contribution in [0.4, 0.5) is 0 Å². The van der Waals surface area contributed by atoms with E-state index in [1.54, 1.807) is 24.1 Å². The number of carbonyl (C=O) groups excluding carboxylic acids is 1. The third kappa shape index (κ3) is 2.84. The highest BCUT2D eigenvalue weighted by molar-refractivity contribution is 9.10. The number of hydrogen-bond donors (Lipinski definition) is 1. The second-order valence-electron chi connectivity index (χ2n) is 4.30. The molecule has 0 saturated heterocycles. The second kappa shape index (κ2) is 5.71. The van der Waals surface area contributed by atoms with Crippen LogP contribution in [0.2, 0.25) is 0 Å². The molecule has 1 amide bonds. The van der Waals surface area contributed by atoms with Crippen molar-refractivity contribution in [3.05, 3.63) is 28.2 Å². The summed E-state index contributed by atoms with van der Waals surface area (Å²) in [5.74, 6) is 0.480. The predicted molar refractivity (Wildman–Crippen MR) is 71.8 cm³/mol. The summed E-state index contributed by atoms with van der Waals surface area (Å²) in [6.45, 7) is 0.365. The Morgan fingerprint density at radius 2 is 2.28 bits per heavy atom. The van der Waals surface area contributed by atoms with Crippen LogP contribution >= 0.6 is 15.9 Å². The molecule has 18 heavy (non-hydrogen) atoms. The van der Waals surface area contributed by atoms with E-state index in [0.29, 0.717) is 17.9 Å². The topological polar surface area (TPSA) is 49.8 Å². The lowest BCUT2D eigenvalue weighted by atomic mass is 10.1. The van der Waals surface area contributed by atoms with Crippen molar-refractivity contribution < 1.29 is 14.6 Å². The Hall–Kier alpha value is -1.07. The zero-order valence-corrected chi connectivity index (χ0v) is 11.8. The molecule has 1 aliphatic rings. The van der Waals surface area contributed by atoms with E-state index in [0.717, 1.165) is 17.3 Å². The van der Waals surface area contributed by atoms with Crippen LogP contribution in [0.5, 0.6) is 5.75 Å². The van der Waals surface area contributed by atoms with Gasteiger partial charge in [0.25, 0.3) is 5.91 Å². The number of aliphatic hydroxyl groups excluding tert-OH is 1. The van der Waals surface area contributed by atoms with Crippen molar-refractivity contribution in [1.82, 2.24) is 4.90 Å². The maximum absolute atomic E-state index is 12.4. The minimum absolute atomic E-state index is 0.0128. The fourth-order valence-electron chi connectivity index (χ4n) is 1.94. The van der Waals surface area contributed by atoms with E-state index in [4.69, 9.17) is 9.84 Å². The molecule has 2 rings (SSSR count). The van der Waals surface area contributed by atoms with E-state index in [2.05, 4.69) is 15.9 Å². The maximum Gasteiger partial charge on any atom is 0.257 e. The van der Waals surface area contributed by atoms with Crippen LogP contribution in [0.3, 0.4) is 0 Å². The van der Waals surface area contributed by atoms with Gasteiger partial charge in [-0.05, 0) is 31.0 Å². The Bertz CT molecular complexity index is 446. The minimum Gasteiger partial charge on any atom is -0.496 e. The normalized spacial score (nSPS) is 14.4.